The monoisotopic (exact) mass is 178 g/mol. The lowest BCUT2D eigenvalue weighted by Crippen LogP contribution is -2.18. The zero-order valence-corrected chi connectivity index (χ0v) is 8.17. The van der Waals surface area contributed by atoms with Crippen LogP contribution in [0.5, 0.6) is 0 Å². The van der Waals surface area contributed by atoms with Gasteiger partial charge in [0.1, 0.15) is 0 Å². The molecule has 13 heavy (non-hydrogen) atoms. The second kappa shape index (κ2) is 4.08. The van der Waals surface area contributed by atoms with Gasteiger partial charge in [0.25, 0.3) is 0 Å². The van der Waals surface area contributed by atoms with Crippen molar-refractivity contribution in [2.75, 3.05) is 0 Å². The molecule has 2 rings (SSSR count). The van der Waals surface area contributed by atoms with Crippen LogP contribution in [0.25, 0.3) is 0 Å². The second-order valence-electron chi connectivity index (χ2n) is 4.40. The standard InChI is InChI=1S/C12H18O/c13-12-9-5-8-11(12)10-6-3-1-2-4-7-10/h5,9-11H,1-4,6-8H2. The van der Waals surface area contributed by atoms with Gasteiger partial charge in [-0.1, -0.05) is 31.8 Å². The third kappa shape index (κ3) is 2.01. The van der Waals surface area contributed by atoms with E-state index in [0.29, 0.717) is 17.6 Å². The first-order valence-electron chi connectivity index (χ1n) is 5.58. The minimum absolute atomic E-state index is 0.359. The van der Waals surface area contributed by atoms with Gasteiger partial charge in [0.05, 0.1) is 0 Å². The van der Waals surface area contributed by atoms with Gasteiger partial charge in [0, 0.05) is 5.92 Å². The minimum atomic E-state index is 0.359. The fourth-order valence-corrected chi connectivity index (χ4v) is 2.71. The second-order valence-corrected chi connectivity index (χ2v) is 4.40. The van der Waals surface area contributed by atoms with Crippen LogP contribution < -0.4 is 0 Å². The van der Waals surface area contributed by atoms with Crippen molar-refractivity contribution >= 4 is 5.78 Å². The highest BCUT2D eigenvalue weighted by molar-refractivity contribution is 5.94. The van der Waals surface area contributed by atoms with E-state index in [2.05, 4.69) is 6.08 Å². The van der Waals surface area contributed by atoms with E-state index < -0.39 is 0 Å². The molecule has 1 unspecified atom stereocenters. The van der Waals surface area contributed by atoms with Gasteiger partial charge >= 0.3 is 0 Å². The van der Waals surface area contributed by atoms with Crippen LogP contribution >= 0.6 is 0 Å². The maximum absolute atomic E-state index is 11.5. The van der Waals surface area contributed by atoms with Crippen LogP contribution in [0, 0.1) is 11.8 Å². The van der Waals surface area contributed by atoms with Crippen molar-refractivity contribution in [3.63, 3.8) is 0 Å². The molecule has 0 amide bonds. The highest BCUT2D eigenvalue weighted by Gasteiger charge is 2.28. The number of hydrogen-bond donors (Lipinski definition) is 0. The summed E-state index contributed by atoms with van der Waals surface area (Å²) in [7, 11) is 0. The number of ketones is 1. The van der Waals surface area contributed by atoms with Gasteiger partial charge < -0.3 is 0 Å². The third-order valence-corrected chi connectivity index (χ3v) is 3.51. The van der Waals surface area contributed by atoms with Crippen LogP contribution in [0.3, 0.4) is 0 Å². The normalized spacial score (nSPS) is 30.8. The number of hydrogen-bond acceptors (Lipinski definition) is 1. The highest BCUT2D eigenvalue weighted by Crippen LogP contribution is 2.33. The molecule has 0 aliphatic heterocycles. The quantitative estimate of drug-likeness (QED) is 0.564. The molecule has 0 aromatic carbocycles. The summed E-state index contributed by atoms with van der Waals surface area (Å²) >= 11 is 0. The van der Waals surface area contributed by atoms with Crippen molar-refractivity contribution in [2.45, 2.75) is 44.9 Å². The van der Waals surface area contributed by atoms with Crippen molar-refractivity contribution < 1.29 is 4.79 Å². The van der Waals surface area contributed by atoms with Crippen molar-refractivity contribution in [1.29, 1.82) is 0 Å². The Kier molecular flexibility index (Phi) is 2.82. The van der Waals surface area contributed by atoms with E-state index >= 15 is 0 Å². The number of rotatable bonds is 1. The fourth-order valence-electron chi connectivity index (χ4n) is 2.71. The SMILES string of the molecule is O=C1C=CCC1C1CCCCCC1. The molecule has 1 atom stereocenters. The average molecular weight is 178 g/mol. The molecule has 2 aliphatic rings. The Balaban J connectivity index is 1.94. The zero-order chi connectivity index (χ0) is 9.10. The van der Waals surface area contributed by atoms with E-state index in [1.165, 1.54) is 38.5 Å². The summed E-state index contributed by atoms with van der Waals surface area (Å²) in [5.41, 5.74) is 0. The van der Waals surface area contributed by atoms with Crippen molar-refractivity contribution in [3.05, 3.63) is 12.2 Å². The highest BCUT2D eigenvalue weighted by atomic mass is 16.1. The maximum atomic E-state index is 11.5. The molecule has 1 nitrogen and oxygen atoms in total. The molecule has 0 heterocycles. The number of carbonyl (C=O) groups is 1. The number of carbonyl (C=O) groups excluding carboxylic acids is 1. The lowest BCUT2D eigenvalue weighted by atomic mass is 9.84. The summed E-state index contributed by atoms with van der Waals surface area (Å²) in [5.74, 6) is 1.45. The summed E-state index contributed by atoms with van der Waals surface area (Å²) in [6.07, 6.45) is 12.9. The van der Waals surface area contributed by atoms with Crippen LogP contribution in [-0.2, 0) is 4.79 Å². The van der Waals surface area contributed by atoms with E-state index in [-0.39, 0.29) is 0 Å². The summed E-state index contributed by atoms with van der Waals surface area (Å²) in [4.78, 5) is 11.5. The maximum Gasteiger partial charge on any atom is 0.159 e. The predicted molar refractivity (Wildman–Crippen MR) is 53.4 cm³/mol. The van der Waals surface area contributed by atoms with Crippen molar-refractivity contribution in [2.24, 2.45) is 11.8 Å². The lowest BCUT2D eigenvalue weighted by Gasteiger charge is -2.19. The molecule has 0 N–H and O–H groups in total. The number of allylic oxidation sites excluding steroid dienone is 2. The topological polar surface area (TPSA) is 17.1 Å². The minimum Gasteiger partial charge on any atom is -0.295 e. The molecule has 0 radical (unpaired) electrons. The molecule has 1 heteroatoms. The van der Waals surface area contributed by atoms with E-state index in [1.807, 2.05) is 0 Å². The summed E-state index contributed by atoms with van der Waals surface area (Å²) < 4.78 is 0. The smallest absolute Gasteiger partial charge is 0.159 e. The first kappa shape index (κ1) is 8.98. The van der Waals surface area contributed by atoms with Gasteiger partial charge in [0.2, 0.25) is 0 Å². The Hall–Kier alpha value is -0.590. The first-order chi connectivity index (χ1) is 6.38. The van der Waals surface area contributed by atoms with Crippen LogP contribution in [0.15, 0.2) is 12.2 Å². The first-order valence-corrected chi connectivity index (χ1v) is 5.58. The molecule has 0 spiro atoms. The fraction of sp³-hybridized carbons (Fsp3) is 0.750. The van der Waals surface area contributed by atoms with E-state index in [4.69, 9.17) is 0 Å². The van der Waals surface area contributed by atoms with Gasteiger partial charge in [-0.05, 0) is 31.3 Å². The summed E-state index contributed by atoms with van der Waals surface area (Å²) in [5, 5.41) is 0. The largest absolute Gasteiger partial charge is 0.295 e. The van der Waals surface area contributed by atoms with Crippen LogP contribution in [0.2, 0.25) is 0 Å². The van der Waals surface area contributed by atoms with Crippen molar-refractivity contribution in [1.82, 2.24) is 0 Å². The molecule has 0 aromatic rings. The molecular formula is C12H18O. The molecule has 0 aromatic heterocycles. The van der Waals surface area contributed by atoms with E-state index in [9.17, 15) is 4.79 Å². The van der Waals surface area contributed by atoms with E-state index in [1.54, 1.807) is 6.08 Å². The van der Waals surface area contributed by atoms with Gasteiger partial charge in [-0.15, -0.1) is 0 Å². The van der Waals surface area contributed by atoms with Gasteiger partial charge in [-0.25, -0.2) is 0 Å². The van der Waals surface area contributed by atoms with Crippen LogP contribution in [0.1, 0.15) is 44.9 Å². The Morgan fingerprint density at radius 1 is 1.08 bits per heavy atom. The van der Waals surface area contributed by atoms with Gasteiger partial charge in [-0.2, -0.15) is 0 Å². The lowest BCUT2D eigenvalue weighted by molar-refractivity contribution is -0.119. The molecule has 1 fully saturated rings. The van der Waals surface area contributed by atoms with Crippen LogP contribution in [0.4, 0.5) is 0 Å². The molecule has 1 saturated carbocycles. The predicted octanol–water partition coefficient (Wildman–Crippen LogP) is 3.10. The Bertz CT molecular complexity index is 209. The Morgan fingerprint density at radius 2 is 1.77 bits per heavy atom. The third-order valence-electron chi connectivity index (χ3n) is 3.51. The van der Waals surface area contributed by atoms with Gasteiger partial charge in [0.15, 0.2) is 5.78 Å². The zero-order valence-electron chi connectivity index (χ0n) is 8.17. The Morgan fingerprint density at radius 3 is 2.31 bits per heavy atom. The van der Waals surface area contributed by atoms with E-state index in [0.717, 1.165) is 6.42 Å². The average Bonchev–Trinajstić information content (AvgIpc) is 2.43. The molecular weight excluding hydrogens is 160 g/mol. The van der Waals surface area contributed by atoms with Crippen molar-refractivity contribution in [3.8, 4) is 0 Å². The Labute approximate surface area is 80.2 Å². The van der Waals surface area contributed by atoms with Gasteiger partial charge in [-0.3, -0.25) is 4.79 Å². The molecule has 0 saturated heterocycles. The molecule has 0 bridgehead atoms. The summed E-state index contributed by atoms with van der Waals surface area (Å²) in [6, 6.07) is 0. The molecule has 72 valence electrons. The van der Waals surface area contributed by atoms with Crippen LogP contribution in [-0.4, -0.2) is 5.78 Å². The molecule has 2 aliphatic carbocycles. The summed E-state index contributed by atoms with van der Waals surface area (Å²) in [6.45, 7) is 0.